The molecule has 1 saturated carbocycles. The average Bonchev–Trinajstić information content (AvgIpc) is 2.53. The van der Waals surface area contributed by atoms with Gasteiger partial charge < -0.3 is 0 Å². The minimum atomic E-state index is 0.364. The first-order chi connectivity index (χ1) is 10.5. The van der Waals surface area contributed by atoms with Crippen molar-refractivity contribution >= 4 is 43.9 Å². The van der Waals surface area contributed by atoms with E-state index in [-0.39, 0.29) is 0 Å². The van der Waals surface area contributed by atoms with Crippen LogP contribution >= 0.6 is 27.5 Å². The number of nitriles is 1. The van der Waals surface area contributed by atoms with Crippen molar-refractivity contribution in [3.05, 3.63) is 46.0 Å². The van der Waals surface area contributed by atoms with E-state index in [9.17, 15) is 4.79 Å². The number of ketones is 1. The van der Waals surface area contributed by atoms with Crippen molar-refractivity contribution in [3.8, 4) is 6.07 Å². The quantitative estimate of drug-likeness (QED) is 0.673. The zero-order valence-corrected chi connectivity index (χ0v) is 14.7. The van der Waals surface area contributed by atoms with Gasteiger partial charge in [0.25, 0.3) is 0 Å². The van der Waals surface area contributed by atoms with Crippen molar-refractivity contribution in [3.63, 3.8) is 0 Å². The topological polar surface area (TPSA) is 40.9 Å². The Morgan fingerprint density at radius 3 is 2.68 bits per heavy atom. The number of nitrogens with zero attached hydrogens (tertiary/aromatic N) is 1. The Labute approximate surface area is 144 Å². The first kappa shape index (κ1) is 17.0. The SMILES string of the molecule is C/C=C(/Br)c1cc(C#N)c(Cl)cc1/C=C/C1CCC(=O)CC1. The van der Waals surface area contributed by atoms with E-state index in [1.165, 1.54) is 0 Å². The summed E-state index contributed by atoms with van der Waals surface area (Å²) in [7, 11) is 0. The maximum absolute atomic E-state index is 11.3. The molecule has 1 fully saturated rings. The molecule has 2 nitrogen and oxygen atoms in total. The Balaban J connectivity index is 2.31. The highest BCUT2D eigenvalue weighted by molar-refractivity contribution is 9.15. The van der Waals surface area contributed by atoms with Crippen molar-refractivity contribution in [2.75, 3.05) is 0 Å². The summed E-state index contributed by atoms with van der Waals surface area (Å²) >= 11 is 9.68. The lowest BCUT2D eigenvalue weighted by Crippen LogP contribution is -2.11. The van der Waals surface area contributed by atoms with E-state index in [1.807, 2.05) is 25.1 Å². The van der Waals surface area contributed by atoms with Crippen LogP contribution in [-0.4, -0.2) is 5.78 Å². The summed E-state index contributed by atoms with van der Waals surface area (Å²) in [4.78, 5) is 11.3. The van der Waals surface area contributed by atoms with Crippen LogP contribution in [0.2, 0.25) is 5.02 Å². The van der Waals surface area contributed by atoms with Crippen molar-refractivity contribution < 1.29 is 4.79 Å². The highest BCUT2D eigenvalue weighted by atomic mass is 79.9. The number of carbonyl (C=O) groups excluding carboxylic acids is 1. The van der Waals surface area contributed by atoms with Crippen LogP contribution in [0.25, 0.3) is 10.6 Å². The second-order valence-electron chi connectivity index (χ2n) is 5.40. The smallest absolute Gasteiger partial charge is 0.132 e. The van der Waals surface area contributed by atoms with Crippen LogP contribution in [0.15, 0.2) is 24.3 Å². The lowest BCUT2D eigenvalue weighted by molar-refractivity contribution is -0.120. The van der Waals surface area contributed by atoms with Gasteiger partial charge in [0.15, 0.2) is 0 Å². The molecule has 0 saturated heterocycles. The van der Waals surface area contributed by atoms with E-state index in [0.717, 1.165) is 28.5 Å². The normalized spacial score (nSPS) is 17.0. The summed E-state index contributed by atoms with van der Waals surface area (Å²) in [5.41, 5.74) is 2.40. The summed E-state index contributed by atoms with van der Waals surface area (Å²) in [5.74, 6) is 0.799. The molecule has 1 aliphatic rings. The van der Waals surface area contributed by atoms with Crippen LogP contribution in [0, 0.1) is 17.2 Å². The first-order valence-electron chi connectivity index (χ1n) is 7.31. The molecule has 0 spiro atoms. The summed E-state index contributed by atoms with van der Waals surface area (Å²) in [6, 6.07) is 5.74. The molecule has 0 radical (unpaired) electrons. The molecule has 0 N–H and O–H groups in total. The van der Waals surface area contributed by atoms with Crippen molar-refractivity contribution in [1.29, 1.82) is 5.26 Å². The Morgan fingerprint density at radius 1 is 1.41 bits per heavy atom. The molecule has 1 aliphatic carbocycles. The molecule has 0 amide bonds. The molecule has 0 unspecified atom stereocenters. The van der Waals surface area contributed by atoms with E-state index >= 15 is 0 Å². The lowest BCUT2D eigenvalue weighted by Gasteiger charge is -2.17. The third-order valence-electron chi connectivity index (χ3n) is 3.91. The average molecular weight is 379 g/mol. The predicted octanol–water partition coefficient (Wildman–Crippen LogP) is 5.74. The highest BCUT2D eigenvalue weighted by Crippen LogP contribution is 2.31. The van der Waals surface area contributed by atoms with Gasteiger partial charge in [-0.15, -0.1) is 0 Å². The fourth-order valence-electron chi connectivity index (χ4n) is 2.57. The van der Waals surface area contributed by atoms with E-state index in [0.29, 0.717) is 35.1 Å². The van der Waals surface area contributed by atoms with Crippen molar-refractivity contribution in [2.24, 2.45) is 5.92 Å². The fourth-order valence-corrected chi connectivity index (χ4v) is 3.13. The number of rotatable bonds is 3. The van der Waals surface area contributed by atoms with Gasteiger partial charge >= 0.3 is 0 Å². The number of halogens is 2. The summed E-state index contributed by atoms with van der Waals surface area (Å²) in [6.45, 7) is 1.94. The number of hydrogen-bond donors (Lipinski definition) is 0. The van der Waals surface area contributed by atoms with Crippen LogP contribution in [0.5, 0.6) is 0 Å². The number of benzene rings is 1. The maximum atomic E-state index is 11.3. The van der Waals surface area contributed by atoms with E-state index in [4.69, 9.17) is 16.9 Å². The molecule has 114 valence electrons. The van der Waals surface area contributed by atoms with Crippen LogP contribution in [0.3, 0.4) is 0 Å². The van der Waals surface area contributed by atoms with Crippen LogP contribution < -0.4 is 0 Å². The lowest BCUT2D eigenvalue weighted by atomic mass is 9.87. The van der Waals surface area contributed by atoms with Gasteiger partial charge in [-0.25, -0.2) is 0 Å². The van der Waals surface area contributed by atoms with E-state index in [2.05, 4.69) is 28.1 Å². The molecule has 4 heteroatoms. The van der Waals surface area contributed by atoms with Gasteiger partial charge in [-0.1, -0.05) is 45.8 Å². The predicted molar refractivity (Wildman–Crippen MR) is 94.7 cm³/mol. The van der Waals surface area contributed by atoms with Crippen LogP contribution in [0.1, 0.15) is 49.3 Å². The molecule has 0 aromatic heterocycles. The van der Waals surface area contributed by atoms with E-state index < -0.39 is 0 Å². The van der Waals surface area contributed by atoms with Gasteiger partial charge in [-0.2, -0.15) is 5.26 Å². The second-order valence-corrected chi connectivity index (χ2v) is 6.66. The molecular weight excluding hydrogens is 362 g/mol. The molecule has 0 heterocycles. The molecule has 1 aromatic carbocycles. The van der Waals surface area contributed by atoms with Crippen molar-refractivity contribution in [1.82, 2.24) is 0 Å². The molecule has 0 bridgehead atoms. The number of Topliss-reactive ketones (excluding diaryl/α,β-unsaturated/α-hetero) is 1. The molecule has 1 aromatic rings. The maximum Gasteiger partial charge on any atom is 0.132 e. The second kappa shape index (κ2) is 7.76. The highest BCUT2D eigenvalue weighted by Gasteiger charge is 2.16. The summed E-state index contributed by atoms with van der Waals surface area (Å²) < 4.78 is 0.930. The first-order valence-corrected chi connectivity index (χ1v) is 8.48. The van der Waals surface area contributed by atoms with Crippen molar-refractivity contribution in [2.45, 2.75) is 32.6 Å². The van der Waals surface area contributed by atoms with Gasteiger partial charge in [0.2, 0.25) is 0 Å². The van der Waals surface area contributed by atoms with Gasteiger partial charge in [0.05, 0.1) is 10.6 Å². The Hall–Kier alpha value is -1.37. The Morgan fingerprint density at radius 2 is 2.09 bits per heavy atom. The van der Waals surface area contributed by atoms with Gasteiger partial charge in [0.1, 0.15) is 11.9 Å². The van der Waals surface area contributed by atoms with Gasteiger partial charge in [-0.3, -0.25) is 4.79 Å². The minimum Gasteiger partial charge on any atom is -0.300 e. The molecular formula is C18H17BrClNO. The minimum absolute atomic E-state index is 0.364. The summed E-state index contributed by atoms with van der Waals surface area (Å²) in [5, 5.41) is 9.59. The number of carbonyl (C=O) groups is 1. The van der Waals surface area contributed by atoms with E-state index in [1.54, 1.807) is 6.07 Å². The summed E-state index contributed by atoms with van der Waals surface area (Å²) in [6.07, 6.45) is 9.33. The molecule has 22 heavy (non-hydrogen) atoms. The third kappa shape index (κ3) is 4.09. The van der Waals surface area contributed by atoms with Crippen LogP contribution in [0.4, 0.5) is 0 Å². The largest absolute Gasteiger partial charge is 0.300 e. The van der Waals surface area contributed by atoms with Gasteiger partial charge in [0, 0.05) is 17.3 Å². The zero-order valence-electron chi connectivity index (χ0n) is 12.4. The standard InChI is InChI=1S/C18H17BrClNO/c1-2-17(19)16-9-14(11-21)18(20)10-13(16)6-3-12-4-7-15(22)8-5-12/h2-3,6,9-10,12H,4-5,7-8H2,1H3/b6-3+,17-2+. The molecule has 2 rings (SSSR count). The Kier molecular flexibility index (Phi) is 5.99. The monoisotopic (exact) mass is 377 g/mol. The molecule has 0 atom stereocenters. The van der Waals surface area contributed by atoms with Gasteiger partial charge in [-0.05, 0) is 48.9 Å². The fraction of sp³-hybridized carbons (Fsp3) is 0.333. The molecule has 0 aliphatic heterocycles. The Bertz CT molecular complexity index is 675. The third-order valence-corrected chi connectivity index (χ3v) is 5.10. The number of hydrogen-bond acceptors (Lipinski definition) is 2. The van der Waals surface area contributed by atoms with Crippen LogP contribution in [-0.2, 0) is 4.79 Å². The number of allylic oxidation sites excluding steroid dienone is 2. The zero-order chi connectivity index (χ0) is 16.1.